The van der Waals surface area contributed by atoms with Gasteiger partial charge in [-0.25, -0.2) is 0 Å². The predicted molar refractivity (Wildman–Crippen MR) is 57.2 cm³/mol. The first kappa shape index (κ1) is 9.06. The van der Waals surface area contributed by atoms with Crippen LogP contribution >= 0.6 is 0 Å². The van der Waals surface area contributed by atoms with Crippen molar-refractivity contribution in [3.63, 3.8) is 0 Å². The number of hydrogen-bond acceptors (Lipinski definition) is 2. The van der Waals surface area contributed by atoms with Gasteiger partial charge in [0.1, 0.15) is 0 Å². The number of hydrogen-bond donors (Lipinski definition) is 1. The minimum absolute atomic E-state index is 0.107. The van der Waals surface area contributed by atoms with E-state index in [4.69, 9.17) is 5.73 Å². The maximum Gasteiger partial charge on any atom is 0.223 e. The lowest BCUT2D eigenvalue weighted by Crippen LogP contribution is -2.33. The molecule has 1 aliphatic rings. The van der Waals surface area contributed by atoms with E-state index in [2.05, 4.69) is 0 Å². The van der Waals surface area contributed by atoms with Gasteiger partial charge in [0.15, 0.2) is 0 Å². The fraction of sp³-hybridized carbons (Fsp3) is 0.364. The molecule has 3 heteroatoms. The molecule has 0 aliphatic carbocycles. The highest BCUT2D eigenvalue weighted by Gasteiger charge is 2.19. The highest BCUT2D eigenvalue weighted by atomic mass is 16.2. The van der Waals surface area contributed by atoms with Gasteiger partial charge in [0.2, 0.25) is 5.91 Å². The third-order valence-corrected chi connectivity index (χ3v) is 2.60. The number of amides is 1. The molecule has 0 fully saturated rings. The Morgan fingerprint density at radius 2 is 2.29 bits per heavy atom. The number of anilines is 2. The van der Waals surface area contributed by atoms with Gasteiger partial charge in [-0.1, -0.05) is 0 Å². The summed E-state index contributed by atoms with van der Waals surface area (Å²) in [7, 11) is 0. The molecule has 0 saturated heterocycles. The number of carbonyl (C=O) groups excluding carboxylic acids is 1. The Morgan fingerprint density at radius 3 is 3.00 bits per heavy atom. The lowest BCUT2D eigenvalue weighted by atomic mass is 10.0. The summed E-state index contributed by atoms with van der Waals surface area (Å²) < 4.78 is 0. The molecule has 1 aliphatic heterocycles. The van der Waals surface area contributed by atoms with Crippen LogP contribution in [0.5, 0.6) is 0 Å². The molecule has 1 aromatic carbocycles. The van der Waals surface area contributed by atoms with E-state index >= 15 is 0 Å². The van der Waals surface area contributed by atoms with Gasteiger partial charge in [-0.05, 0) is 36.6 Å². The number of nitrogens with two attached hydrogens (primary N) is 1. The molecule has 0 spiro atoms. The predicted octanol–water partition coefficient (Wildman–Crippen LogP) is 1.57. The average molecular weight is 190 g/mol. The second-order valence-electron chi connectivity index (χ2n) is 3.66. The molecule has 1 aromatic rings. The zero-order chi connectivity index (χ0) is 10.1. The molecule has 0 unspecified atom stereocenters. The van der Waals surface area contributed by atoms with Crippen molar-refractivity contribution < 1.29 is 4.79 Å². The maximum absolute atomic E-state index is 11.3. The Kier molecular flexibility index (Phi) is 2.15. The first-order chi connectivity index (χ1) is 6.68. The van der Waals surface area contributed by atoms with Crippen molar-refractivity contribution in [1.29, 1.82) is 0 Å². The normalized spacial score (nSPS) is 15.1. The summed E-state index contributed by atoms with van der Waals surface area (Å²) in [4.78, 5) is 13.2. The van der Waals surface area contributed by atoms with Gasteiger partial charge in [-0.2, -0.15) is 0 Å². The monoisotopic (exact) mass is 190 g/mol. The van der Waals surface area contributed by atoms with E-state index in [9.17, 15) is 4.79 Å². The topological polar surface area (TPSA) is 46.3 Å². The number of rotatable bonds is 0. The van der Waals surface area contributed by atoms with Crippen LogP contribution in [0.15, 0.2) is 18.2 Å². The largest absolute Gasteiger partial charge is 0.399 e. The SMILES string of the molecule is CC(=O)N1CCCc2cc(N)ccc21. The molecule has 2 N–H and O–H groups in total. The number of fused-ring (bicyclic) bond motifs is 1. The fourth-order valence-corrected chi connectivity index (χ4v) is 1.94. The molecule has 14 heavy (non-hydrogen) atoms. The van der Waals surface area contributed by atoms with E-state index < -0.39 is 0 Å². The van der Waals surface area contributed by atoms with Gasteiger partial charge in [0.05, 0.1) is 0 Å². The Bertz CT molecular complexity index is 374. The van der Waals surface area contributed by atoms with Crippen LogP contribution in [0.1, 0.15) is 18.9 Å². The van der Waals surface area contributed by atoms with Gasteiger partial charge in [0, 0.05) is 24.8 Å². The van der Waals surface area contributed by atoms with Crippen LogP contribution in [0, 0.1) is 0 Å². The van der Waals surface area contributed by atoms with E-state index in [1.807, 2.05) is 23.1 Å². The summed E-state index contributed by atoms with van der Waals surface area (Å²) in [6.45, 7) is 2.43. The molecule has 0 atom stereocenters. The van der Waals surface area contributed by atoms with Crippen molar-refractivity contribution >= 4 is 17.3 Å². The standard InChI is InChI=1S/C11H14N2O/c1-8(14)13-6-2-3-9-7-10(12)4-5-11(9)13/h4-5,7H,2-3,6,12H2,1H3. The second-order valence-corrected chi connectivity index (χ2v) is 3.66. The van der Waals surface area contributed by atoms with Crippen LogP contribution in [0.3, 0.4) is 0 Å². The molecule has 74 valence electrons. The number of aryl methyl sites for hydroxylation is 1. The number of benzene rings is 1. The smallest absolute Gasteiger partial charge is 0.223 e. The van der Waals surface area contributed by atoms with Crippen molar-refractivity contribution in [3.05, 3.63) is 23.8 Å². The fourth-order valence-electron chi connectivity index (χ4n) is 1.94. The van der Waals surface area contributed by atoms with Crippen molar-refractivity contribution in [2.45, 2.75) is 19.8 Å². The van der Waals surface area contributed by atoms with Crippen molar-refractivity contribution in [3.8, 4) is 0 Å². The first-order valence-corrected chi connectivity index (χ1v) is 4.85. The minimum atomic E-state index is 0.107. The molecule has 0 saturated carbocycles. The molecule has 1 heterocycles. The van der Waals surface area contributed by atoms with E-state index in [0.29, 0.717) is 0 Å². The third-order valence-electron chi connectivity index (χ3n) is 2.60. The van der Waals surface area contributed by atoms with Gasteiger partial charge < -0.3 is 10.6 Å². The van der Waals surface area contributed by atoms with Crippen molar-refractivity contribution in [2.24, 2.45) is 0 Å². The van der Waals surface area contributed by atoms with E-state index in [1.165, 1.54) is 5.56 Å². The lowest BCUT2D eigenvalue weighted by Gasteiger charge is -2.28. The Balaban J connectivity index is 2.44. The highest BCUT2D eigenvalue weighted by Crippen LogP contribution is 2.28. The Morgan fingerprint density at radius 1 is 1.50 bits per heavy atom. The molecule has 0 aromatic heterocycles. The van der Waals surface area contributed by atoms with Crippen molar-refractivity contribution in [2.75, 3.05) is 17.2 Å². The van der Waals surface area contributed by atoms with E-state index in [1.54, 1.807) is 6.92 Å². The summed E-state index contributed by atoms with van der Waals surface area (Å²) >= 11 is 0. The maximum atomic E-state index is 11.3. The van der Waals surface area contributed by atoms with Gasteiger partial charge in [0.25, 0.3) is 0 Å². The molecule has 1 amide bonds. The van der Waals surface area contributed by atoms with Gasteiger partial charge >= 0.3 is 0 Å². The highest BCUT2D eigenvalue weighted by molar-refractivity contribution is 5.93. The van der Waals surface area contributed by atoms with E-state index in [-0.39, 0.29) is 5.91 Å². The van der Waals surface area contributed by atoms with Crippen LogP contribution < -0.4 is 10.6 Å². The van der Waals surface area contributed by atoms with Gasteiger partial charge in [-0.15, -0.1) is 0 Å². The number of nitrogens with zero attached hydrogens (tertiary/aromatic N) is 1. The summed E-state index contributed by atoms with van der Waals surface area (Å²) in [5, 5.41) is 0. The zero-order valence-electron chi connectivity index (χ0n) is 8.29. The van der Waals surface area contributed by atoms with Crippen LogP contribution in [-0.4, -0.2) is 12.5 Å². The van der Waals surface area contributed by atoms with Crippen LogP contribution in [0.4, 0.5) is 11.4 Å². The Labute approximate surface area is 83.5 Å². The molecule has 3 nitrogen and oxygen atoms in total. The number of nitrogen functional groups attached to an aromatic ring is 1. The molecular formula is C11H14N2O. The van der Waals surface area contributed by atoms with Crippen LogP contribution in [0.25, 0.3) is 0 Å². The molecule has 0 bridgehead atoms. The molecule has 2 rings (SSSR count). The molecular weight excluding hydrogens is 176 g/mol. The molecule has 0 radical (unpaired) electrons. The summed E-state index contributed by atoms with van der Waals surface area (Å²) in [6, 6.07) is 5.75. The first-order valence-electron chi connectivity index (χ1n) is 4.85. The summed E-state index contributed by atoms with van der Waals surface area (Å²) in [5.41, 5.74) is 8.68. The quantitative estimate of drug-likeness (QED) is 0.631. The van der Waals surface area contributed by atoms with Crippen LogP contribution in [-0.2, 0) is 11.2 Å². The Hall–Kier alpha value is -1.51. The average Bonchev–Trinajstić information content (AvgIpc) is 2.16. The third kappa shape index (κ3) is 1.45. The lowest BCUT2D eigenvalue weighted by molar-refractivity contribution is -0.116. The zero-order valence-corrected chi connectivity index (χ0v) is 8.29. The van der Waals surface area contributed by atoms with Gasteiger partial charge in [-0.3, -0.25) is 4.79 Å². The van der Waals surface area contributed by atoms with Crippen molar-refractivity contribution in [1.82, 2.24) is 0 Å². The van der Waals surface area contributed by atoms with Crippen LogP contribution in [0.2, 0.25) is 0 Å². The minimum Gasteiger partial charge on any atom is -0.399 e. The van der Waals surface area contributed by atoms with E-state index in [0.717, 1.165) is 30.8 Å². The second kappa shape index (κ2) is 3.33. The summed E-state index contributed by atoms with van der Waals surface area (Å²) in [6.07, 6.45) is 2.04. The summed E-state index contributed by atoms with van der Waals surface area (Å²) in [5.74, 6) is 0.107. The number of carbonyl (C=O) groups is 1.